The number of hydrogen-bond acceptors (Lipinski definition) is 5. The summed E-state index contributed by atoms with van der Waals surface area (Å²) in [5, 5.41) is 3.67. The molecule has 6 nitrogen and oxygen atoms in total. The van der Waals surface area contributed by atoms with Gasteiger partial charge in [-0.1, -0.05) is 6.42 Å². The van der Waals surface area contributed by atoms with Crippen molar-refractivity contribution in [2.24, 2.45) is 0 Å². The van der Waals surface area contributed by atoms with Crippen LogP contribution in [0.15, 0.2) is 27.9 Å². The zero-order valence-corrected chi connectivity index (χ0v) is 21.6. The van der Waals surface area contributed by atoms with Crippen LogP contribution in [0.4, 0.5) is 5.69 Å². The van der Waals surface area contributed by atoms with Crippen LogP contribution in [0, 0.1) is 20.8 Å². The minimum atomic E-state index is -0.140. The van der Waals surface area contributed by atoms with E-state index in [0.717, 1.165) is 49.4 Å². The van der Waals surface area contributed by atoms with Crippen molar-refractivity contribution >= 4 is 23.4 Å². The van der Waals surface area contributed by atoms with Crippen LogP contribution in [0.1, 0.15) is 71.8 Å². The molecule has 1 saturated heterocycles. The number of ether oxygens (including phenoxy) is 1. The highest BCUT2D eigenvalue weighted by molar-refractivity contribution is 8.00. The Bertz CT molecular complexity index is 1090. The molecule has 1 aromatic heterocycles. The van der Waals surface area contributed by atoms with E-state index in [9.17, 15) is 9.59 Å². The minimum Gasteiger partial charge on any atom is -0.381 e. The van der Waals surface area contributed by atoms with Gasteiger partial charge >= 0.3 is 0 Å². The largest absolute Gasteiger partial charge is 0.381 e. The first-order valence-electron chi connectivity index (χ1n) is 12.5. The zero-order valence-electron chi connectivity index (χ0n) is 20.8. The van der Waals surface area contributed by atoms with Gasteiger partial charge in [0.25, 0.3) is 11.5 Å². The summed E-state index contributed by atoms with van der Waals surface area (Å²) < 4.78 is 5.62. The molecule has 1 aliphatic heterocycles. The molecule has 1 amide bonds. The van der Waals surface area contributed by atoms with E-state index in [1.165, 1.54) is 29.8 Å². The van der Waals surface area contributed by atoms with Crippen molar-refractivity contribution in [3.8, 4) is 0 Å². The van der Waals surface area contributed by atoms with Gasteiger partial charge in [0.15, 0.2) is 0 Å². The number of H-pyrrole nitrogens is 1. The summed E-state index contributed by atoms with van der Waals surface area (Å²) in [6, 6.07) is 6.45. The molecule has 7 heteroatoms. The number of thioether (sulfide) groups is 1. The molecule has 0 radical (unpaired) electrons. The molecule has 0 unspecified atom stereocenters. The quantitative estimate of drug-likeness (QED) is 0.560. The van der Waals surface area contributed by atoms with Crippen molar-refractivity contribution in [2.75, 3.05) is 24.7 Å². The second kappa shape index (κ2) is 11.0. The van der Waals surface area contributed by atoms with Crippen molar-refractivity contribution in [3.05, 3.63) is 56.5 Å². The highest BCUT2D eigenvalue weighted by Gasteiger charge is 2.28. The fraction of sp³-hybridized carbons (Fsp3) is 0.556. The lowest BCUT2D eigenvalue weighted by molar-refractivity contribution is 0.0845. The number of aromatic nitrogens is 1. The Balaban J connectivity index is 1.63. The van der Waals surface area contributed by atoms with E-state index in [2.05, 4.69) is 35.1 Å². The number of carbonyl (C=O) groups is 1. The van der Waals surface area contributed by atoms with Crippen molar-refractivity contribution < 1.29 is 9.53 Å². The molecule has 2 aliphatic rings. The Kier molecular flexibility index (Phi) is 8.04. The van der Waals surface area contributed by atoms with Crippen LogP contribution in [0.2, 0.25) is 0 Å². The topological polar surface area (TPSA) is 74.4 Å². The first-order valence-corrected chi connectivity index (χ1v) is 13.4. The van der Waals surface area contributed by atoms with Crippen LogP contribution >= 0.6 is 11.8 Å². The lowest BCUT2D eigenvalue weighted by atomic mass is 10.00. The van der Waals surface area contributed by atoms with Gasteiger partial charge in [-0.2, -0.15) is 0 Å². The lowest BCUT2D eigenvalue weighted by Crippen LogP contribution is -2.40. The van der Waals surface area contributed by atoms with Gasteiger partial charge in [-0.3, -0.25) is 9.59 Å². The monoisotopic (exact) mass is 483 g/mol. The van der Waals surface area contributed by atoms with E-state index >= 15 is 0 Å². The Morgan fingerprint density at radius 2 is 1.91 bits per heavy atom. The number of nitrogens with zero attached hydrogens (tertiary/aromatic N) is 1. The summed E-state index contributed by atoms with van der Waals surface area (Å²) in [5.74, 6) is -0.138. The van der Waals surface area contributed by atoms with Crippen molar-refractivity contribution in [1.82, 2.24) is 10.3 Å². The summed E-state index contributed by atoms with van der Waals surface area (Å²) in [6.45, 7) is 10.7. The molecule has 0 spiro atoms. The number of hydrogen-bond donors (Lipinski definition) is 2. The van der Waals surface area contributed by atoms with E-state index in [1.54, 1.807) is 0 Å². The van der Waals surface area contributed by atoms with Crippen molar-refractivity contribution in [1.29, 1.82) is 0 Å². The third kappa shape index (κ3) is 5.36. The van der Waals surface area contributed by atoms with Crippen molar-refractivity contribution in [3.63, 3.8) is 0 Å². The van der Waals surface area contributed by atoms with E-state index in [4.69, 9.17) is 4.74 Å². The normalized spacial score (nSPS) is 16.8. The van der Waals surface area contributed by atoms with Gasteiger partial charge in [0.2, 0.25) is 0 Å². The summed E-state index contributed by atoms with van der Waals surface area (Å²) in [5.41, 5.74) is 5.08. The van der Waals surface area contributed by atoms with Gasteiger partial charge in [0, 0.05) is 59.3 Å². The number of anilines is 1. The Hall–Kier alpha value is -2.25. The van der Waals surface area contributed by atoms with Gasteiger partial charge < -0.3 is 19.9 Å². The van der Waals surface area contributed by atoms with Crippen LogP contribution in [-0.4, -0.2) is 41.9 Å². The third-order valence-electron chi connectivity index (χ3n) is 7.16. The van der Waals surface area contributed by atoms with Crippen LogP contribution in [0.5, 0.6) is 0 Å². The molecule has 184 valence electrons. The predicted molar refractivity (Wildman–Crippen MR) is 139 cm³/mol. The number of benzene rings is 1. The number of nitrogens with one attached hydrogen (secondary N) is 2. The van der Waals surface area contributed by atoms with Gasteiger partial charge in [-0.25, -0.2) is 0 Å². The molecule has 0 bridgehead atoms. The molecule has 2 heterocycles. The average molecular weight is 484 g/mol. The lowest BCUT2D eigenvalue weighted by Gasteiger charge is -2.38. The van der Waals surface area contributed by atoms with E-state index in [-0.39, 0.29) is 18.0 Å². The van der Waals surface area contributed by atoms with Crippen LogP contribution in [-0.2, 0) is 11.3 Å². The SMILES string of the molecule is CCN(c1c(SC2CCC2)ccc(C(=O)NCc2c(C)cc(C)[nH]c2=O)c1C)C1CCOCC1. The van der Waals surface area contributed by atoms with E-state index in [1.807, 2.05) is 37.7 Å². The van der Waals surface area contributed by atoms with Crippen LogP contribution in [0.3, 0.4) is 0 Å². The maximum atomic E-state index is 13.3. The summed E-state index contributed by atoms with van der Waals surface area (Å²) >= 11 is 1.96. The van der Waals surface area contributed by atoms with Gasteiger partial charge in [-0.15, -0.1) is 11.8 Å². The number of carbonyl (C=O) groups excluding carboxylic acids is 1. The predicted octanol–water partition coefficient (Wildman–Crippen LogP) is 4.88. The number of amides is 1. The van der Waals surface area contributed by atoms with Crippen molar-refractivity contribution in [2.45, 2.75) is 82.5 Å². The number of aromatic amines is 1. The molecular formula is C27H37N3O3S. The highest BCUT2D eigenvalue weighted by atomic mass is 32.2. The Morgan fingerprint density at radius 3 is 2.53 bits per heavy atom. The molecule has 1 aromatic carbocycles. The number of rotatable bonds is 8. The minimum absolute atomic E-state index is 0.138. The van der Waals surface area contributed by atoms with Crippen LogP contribution < -0.4 is 15.8 Å². The highest BCUT2D eigenvalue weighted by Crippen LogP contribution is 2.43. The molecule has 1 saturated carbocycles. The summed E-state index contributed by atoms with van der Waals surface area (Å²) in [4.78, 5) is 32.3. The van der Waals surface area contributed by atoms with Gasteiger partial charge in [0.05, 0.1) is 5.69 Å². The van der Waals surface area contributed by atoms with Gasteiger partial charge in [-0.05, 0) is 82.7 Å². The molecule has 4 rings (SSSR count). The third-order valence-corrected chi connectivity index (χ3v) is 8.55. The molecule has 2 fully saturated rings. The second-order valence-electron chi connectivity index (χ2n) is 9.51. The average Bonchev–Trinajstić information content (AvgIpc) is 2.78. The maximum Gasteiger partial charge on any atom is 0.253 e. The molecule has 0 atom stereocenters. The Labute approximate surface area is 206 Å². The zero-order chi connectivity index (χ0) is 24.2. The Morgan fingerprint density at radius 1 is 1.18 bits per heavy atom. The first kappa shape index (κ1) is 24.9. The van der Waals surface area contributed by atoms with E-state index < -0.39 is 0 Å². The van der Waals surface area contributed by atoms with Crippen LogP contribution in [0.25, 0.3) is 0 Å². The molecular weight excluding hydrogens is 446 g/mol. The second-order valence-corrected chi connectivity index (χ2v) is 10.9. The summed E-state index contributed by atoms with van der Waals surface area (Å²) in [7, 11) is 0. The smallest absolute Gasteiger partial charge is 0.253 e. The fourth-order valence-corrected chi connectivity index (χ4v) is 6.46. The summed E-state index contributed by atoms with van der Waals surface area (Å²) in [6.07, 6.45) is 5.85. The van der Waals surface area contributed by atoms with E-state index in [0.29, 0.717) is 22.4 Å². The fourth-order valence-electron chi connectivity index (χ4n) is 5.00. The van der Waals surface area contributed by atoms with Gasteiger partial charge in [0.1, 0.15) is 0 Å². The molecule has 2 N–H and O–H groups in total. The molecule has 2 aromatic rings. The number of pyridine rings is 1. The molecule has 1 aliphatic carbocycles. The maximum absolute atomic E-state index is 13.3. The standard InChI is InChI=1S/C27H37N3O3S/c1-5-30(20-11-13-33-14-12-20)25-19(4)22(9-10-24(25)34-21-7-6-8-21)26(31)28-16-23-17(2)15-18(3)29-27(23)32/h9-10,15,20-21H,5-8,11-14,16H2,1-4H3,(H,28,31)(H,29,32). The first-order chi connectivity index (χ1) is 16.4. The molecule has 34 heavy (non-hydrogen) atoms. The number of aryl methyl sites for hydroxylation is 2.